The third kappa shape index (κ3) is 2.61. The number of halogens is 2. The molecule has 0 aliphatic heterocycles. The van der Waals surface area contributed by atoms with E-state index < -0.39 is 0 Å². The van der Waals surface area contributed by atoms with E-state index in [-0.39, 0.29) is 5.78 Å². The number of hydrogen-bond acceptors (Lipinski definition) is 3. The second-order valence-electron chi connectivity index (χ2n) is 3.58. The predicted molar refractivity (Wildman–Crippen MR) is 78.7 cm³/mol. The Morgan fingerprint density at radius 2 is 1.94 bits per heavy atom. The van der Waals surface area contributed by atoms with Gasteiger partial charge in [0.1, 0.15) is 0 Å². The molecule has 2 rings (SSSR count). The Hall–Kier alpha value is -0.650. The fourth-order valence-corrected chi connectivity index (χ4v) is 3.34. The van der Waals surface area contributed by atoms with Crippen LogP contribution in [0.1, 0.15) is 20.1 Å². The van der Waals surface area contributed by atoms with Crippen molar-refractivity contribution >= 4 is 54.7 Å². The van der Waals surface area contributed by atoms with Crippen molar-refractivity contribution < 1.29 is 4.79 Å². The topological polar surface area (TPSA) is 43.1 Å². The molecular formula is C12H9Br2NOS. The van der Waals surface area contributed by atoms with Crippen LogP contribution in [0, 0.1) is 6.92 Å². The summed E-state index contributed by atoms with van der Waals surface area (Å²) in [4.78, 5) is 14.1. The van der Waals surface area contributed by atoms with E-state index in [9.17, 15) is 4.79 Å². The maximum Gasteiger partial charge on any atom is 0.204 e. The number of benzene rings is 1. The summed E-state index contributed by atoms with van der Waals surface area (Å²) < 4.78 is 1.73. The largest absolute Gasteiger partial charge is 0.399 e. The van der Waals surface area contributed by atoms with Crippen molar-refractivity contribution in [3.63, 3.8) is 0 Å². The van der Waals surface area contributed by atoms with Gasteiger partial charge in [-0.05, 0) is 47.1 Å². The molecule has 0 unspecified atom stereocenters. The highest BCUT2D eigenvalue weighted by molar-refractivity contribution is 9.10. The van der Waals surface area contributed by atoms with Gasteiger partial charge in [0.25, 0.3) is 0 Å². The Kier molecular flexibility index (Phi) is 3.70. The van der Waals surface area contributed by atoms with E-state index in [2.05, 4.69) is 31.9 Å². The summed E-state index contributed by atoms with van der Waals surface area (Å²) in [5.74, 6) is -0.0111. The summed E-state index contributed by atoms with van der Waals surface area (Å²) in [6.45, 7) is 1.97. The summed E-state index contributed by atoms with van der Waals surface area (Å²) >= 11 is 8.26. The normalized spacial score (nSPS) is 10.5. The molecule has 0 amide bonds. The van der Waals surface area contributed by atoms with Crippen LogP contribution in [0.5, 0.6) is 0 Å². The molecule has 5 heteroatoms. The molecule has 2 N–H and O–H groups in total. The first kappa shape index (κ1) is 12.8. The molecule has 1 aromatic heterocycles. The van der Waals surface area contributed by atoms with Crippen LogP contribution in [0.2, 0.25) is 0 Å². The quantitative estimate of drug-likeness (QED) is 0.625. The summed E-state index contributed by atoms with van der Waals surface area (Å²) in [6.07, 6.45) is 0. The van der Waals surface area contributed by atoms with Crippen molar-refractivity contribution in [2.24, 2.45) is 0 Å². The number of nitrogens with two attached hydrogens (primary N) is 1. The molecule has 17 heavy (non-hydrogen) atoms. The fraction of sp³-hybridized carbons (Fsp3) is 0.0833. The Morgan fingerprint density at radius 1 is 1.24 bits per heavy atom. The maximum absolute atomic E-state index is 12.3. The SMILES string of the molecule is Cc1sc(C(=O)c2cc(N)ccc2Br)cc1Br. The number of nitrogen functional groups attached to an aromatic ring is 1. The van der Waals surface area contributed by atoms with E-state index in [1.54, 1.807) is 18.2 Å². The van der Waals surface area contributed by atoms with Crippen LogP contribution in [0.25, 0.3) is 0 Å². The van der Waals surface area contributed by atoms with Crippen LogP contribution in [0.15, 0.2) is 33.2 Å². The number of ketones is 1. The summed E-state index contributed by atoms with van der Waals surface area (Å²) in [6, 6.07) is 7.09. The van der Waals surface area contributed by atoms with Crippen LogP contribution >= 0.6 is 43.2 Å². The lowest BCUT2D eigenvalue weighted by Crippen LogP contribution is -2.01. The predicted octanol–water partition coefficient (Wildman–Crippen LogP) is 4.39. The third-order valence-corrected chi connectivity index (χ3v) is 5.14. The van der Waals surface area contributed by atoms with Gasteiger partial charge in [-0.15, -0.1) is 11.3 Å². The molecule has 0 atom stereocenters. The van der Waals surface area contributed by atoms with E-state index in [0.29, 0.717) is 16.1 Å². The zero-order valence-electron chi connectivity index (χ0n) is 8.96. The molecular weight excluding hydrogens is 366 g/mol. The standard InChI is InChI=1S/C12H9Br2NOS/c1-6-10(14)5-11(17-6)12(16)8-4-7(15)2-3-9(8)13/h2-5H,15H2,1H3. The number of carbonyl (C=O) groups excluding carboxylic acids is 1. The molecule has 1 heterocycles. The van der Waals surface area contributed by atoms with Crippen molar-refractivity contribution in [3.05, 3.63) is 48.5 Å². The monoisotopic (exact) mass is 373 g/mol. The first-order chi connectivity index (χ1) is 7.99. The molecule has 0 aliphatic carbocycles. The van der Waals surface area contributed by atoms with Gasteiger partial charge in [0.15, 0.2) is 0 Å². The fourth-order valence-electron chi connectivity index (χ4n) is 1.42. The van der Waals surface area contributed by atoms with Crippen molar-refractivity contribution in [2.45, 2.75) is 6.92 Å². The van der Waals surface area contributed by atoms with Crippen molar-refractivity contribution in [2.75, 3.05) is 5.73 Å². The Labute approximate surface area is 120 Å². The molecule has 0 saturated heterocycles. The molecule has 0 fully saturated rings. The van der Waals surface area contributed by atoms with Gasteiger partial charge >= 0.3 is 0 Å². The van der Waals surface area contributed by atoms with E-state index in [1.165, 1.54) is 11.3 Å². The van der Waals surface area contributed by atoms with Gasteiger partial charge in [-0.3, -0.25) is 4.79 Å². The molecule has 0 spiro atoms. The minimum Gasteiger partial charge on any atom is -0.399 e. The minimum absolute atomic E-state index is 0.0111. The number of carbonyl (C=O) groups is 1. The first-order valence-electron chi connectivity index (χ1n) is 4.84. The molecule has 1 aromatic carbocycles. The lowest BCUT2D eigenvalue weighted by Gasteiger charge is -2.03. The maximum atomic E-state index is 12.3. The Balaban J connectivity index is 2.47. The van der Waals surface area contributed by atoms with Crippen LogP contribution in [0.4, 0.5) is 5.69 Å². The number of rotatable bonds is 2. The van der Waals surface area contributed by atoms with Gasteiger partial charge in [-0.2, -0.15) is 0 Å². The Bertz CT molecular complexity index is 573. The van der Waals surface area contributed by atoms with Gasteiger partial charge < -0.3 is 5.73 Å². The molecule has 2 nitrogen and oxygen atoms in total. The van der Waals surface area contributed by atoms with Crippen LogP contribution in [-0.2, 0) is 0 Å². The van der Waals surface area contributed by atoms with E-state index in [1.807, 2.05) is 13.0 Å². The zero-order chi connectivity index (χ0) is 12.6. The molecule has 88 valence electrons. The molecule has 0 saturated carbocycles. The highest BCUT2D eigenvalue weighted by atomic mass is 79.9. The van der Waals surface area contributed by atoms with Crippen LogP contribution in [-0.4, -0.2) is 5.78 Å². The lowest BCUT2D eigenvalue weighted by molar-refractivity contribution is 0.104. The van der Waals surface area contributed by atoms with Gasteiger partial charge in [-0.1, -0.05) is 15.9 Å². The summed E-state index contributed by atoms with van der Waals surface area (Å²) in [5, 5.41) is 0. The number of thiophene rings is 1. The third-order valence-electron chi connectivity index (χ3n) is 2.32. The van der Waals surface area contributed by atoms with Gasteiger partial charge in [0.05, 0.1) is 4.88 Å². The minimum atomic E-state index is -0.0111. The number of aryl methyl sites for hydroxylation is 1. The van der Waals surface area contributed by atoms with Gasteiger partial charge in [-0.25, -0.2) is 0 Å². The molecule has 0 aliphatic rings. The molecule has 2 aromatic rings. The van der Waals surface area contributed by atoms with Crippen molar-refractivity contribution in [1.82, 2.24) is 0 Å². The van der Waals surface area contributed by atoms with Gasteiger partial charge in [0, 0.05) is 25.1 Å². The van der Waals surface area contributed by atoms with E-state index in [0.717, 1.165) is 13.8 Å². The second kappa shape index (κ2) is 4.92. The molecule has 0 bridgehead atoms. The Morgan fingerprint density at radius 3 is 2.53 bits per heavy atom. The smallest absolute Gasteiger partial charge is 0.204 e. The average Bonchev–Trinajstić information content (AvgIpc) is 2.62. The van der Waals surface area contributed by atoms with Crippen molar-refractivity contribution in [3.8, 4) is 0 Å². The van der Waals surface area contributed by atoms with E-state index in [4.69, 9.17) is 5.73 Å². The lowest BCUT2D eigenvalue weighted by atomic mass is 10.1. The summed E-state index contributed by atoms with van der Waals surface area (Å²) in [5.41, 5.74) is 6.88. The average molecular weight is 375 g/mol. The molecule has 0 radical (unpaired) electrons. The number of hydrogen-bond donors (Lipinski definition) is 1. The zero-order valence-corrected chi connectivity index (χ0v) is 12.9. The first-order valence-corrected chi connectivity index (χ1v) is 7.25. The van der Waals surface area contributed by atoms with E-state index >= 15 is 0 Å². The van der Waals surface area contributed by atoms with Crippen molar-refractivity contribution in [1.29, 1.82) is 0 Å². The van der Waals surface area contributed by atoms with Crippen LogP contribution < -0.4 is 5.73 Å². The highest BCUT2D eigenvalue weighted by Gasteiger charge is 2.16. The van der Waals surface area contributed by atoms with Gasteiger partial charge in [0.2, 0.25) is 5.78 Å². The summed E-state index contributed by atoms with van der Waals surface area (Å²) in [7, 11) is 0. The second-order valence-corrected chi connectivity index (χ2v) is 6.55. The van der Waals surface area contributed by atoms with Crippen LogP contribution in [0.3, 0.4) is 0 Å². The highest BCUT2D eigenvalue weighted by Crippen LogP contribution is 2.30. The number of anilines is 1.